The van der Waals surface area contributed by atoms with E-state index < -0.39 is 0 Å². The second-order valence-electron chi connectivity index (χ2n) is 5.47. The van der Waals surface area contributed by atoms with Gasteiger partial charge in [0.2, 0.25) is 0 Å². The highest BCUT2D eigenvalue weighted by Gasteiger charge is 2.38. The first-order valence-corrected chi connectivity index (χ1v) is 6.55. The molecule has 1 aromatic carbocycles. The van der Waals surface area contributed by atoms with Gasteiger partial charge in [0.15, 0.2) is 0 Å². The first-order valence-electron chi connectivity index (χ1n) is 6.17. The maximum absolute atomic E-state index is 6.10. The van der Waals surface area contributed by atoms with E-state index in [4.69, 9.17) is 11.6 Å². The smallest absolute Gasteiger partial charge is 0.0409 e. The molecule has 0 bridgehead atoms. The predicted octanol–water partition coefficient (Wildman–Crippen LogP) is 4.13. The summed E-state index contributed by atoms with van der Waals surface area (Å²) >= 11 is 6.10. The summed E-state index contributed by atoms with van der Waals surface area (Å²) in [4.78, 5) is 0. The van der Waals surface area contributed by atoms with Gasteiger partial charge in [-0.15, -0.1) is 6.58 Å². The summed E-state index contributed by atoms with van der Waals surface area (Å²) in [5.74, 6) is 0. The molecule has 0 aliphatic heterocycles. The van der Waals surface area contributed by atoms with Crippen LogP contribution in [0.15, 0.2) is 30.9 Å². The number of fused-ring (bicyclic) bond motifs is 1. The summed E-state index contributed by atoms with van der Waals surface area (Å²) < 4.78 is 0. The van der Waals surface area contributed by atoms with Crippen LogP contribution in [0.3, 0.4) is 0 Å². The third-order valence-corrected chi connectivity index (χ3v) is 3.78. The average Bonchev–Trinajstić information content (AvgIpc) is 2.50. The van der Waals surface area contributed by atoms with Crippen molar-refractivity contribution in [1.82, 2.24) is 5.32 Å². The zero-order valence-corrected chi connectivity index (χ0v) is 11.3. The molecule has 0 saturated heterocycles. The molecule has 1 atom stereocenters. The molecule has 92 valence electrons. The van der Waals surface area contributed by atoms with Gasteiger partial charge in [-0.1, -0.05) is 37.6 Å². The molecule has 0 radical (unpaired) electrons. The van der Waals surface area contributed by atoms with Crippen LogP contribution in [-0.4, -0.2) is 6.54 Å². The van der Waals surface area contributed by atoms with Crippen LogP contribution in [-0.2, 0) is 6.42 Å². The van der Waals surface area contributed by atoms with Crippen LogP contribution in [0.5, 0.6) is 0 Å². The fourth-order valence-corrected chi connectivity index (χ4v) is 2.91. The molecule has 17 heavy (non-hydrogen) atoms. The zero-order chi connectivity index (χ0) is 12.5. The normalized spacial score (nSPS) is 21.2. The van der Waals surface area contributed by atoms with Crippen molar-refractivity contribution in [3.05, 3.63) is 47.0 Å². The van der Waals surface area contributed by atoms with Gasteiger partial charge in [-0.3, -0.25) is 0 Å². The lowest BCUT2D eigenvalue weighted by atomic mass is 9.85. The third-order valence-electron chi connectivity index (χ3n) is 3.54. The van der Waals surface area contributed by atoms with Crippen LogP contribution < -0.4 is 5.32 Å². The van der Waals surface area contributed by atoms with E-state index in [1.54, 1.807) is 0 Å². The van der Waals surface area contributed by atoms with Gasteiger partial charge < -0.3 is 5.32 Å². The van der Waals surface area contributed by atoms with Gasteiger partial charge >= 0.3 is 0 Å². The molecule has 1 unspecified atom stereocenters. The van der Waals surface area contributed by atoms with Crippen molar-refractivity contribution in [3.63, 3.8) is 0 Å². The van der Waals surface area contributed by atoms with E-state index in [0.717, 1.165) is 24.4 Å². The summed E-state index contributed by atoms with van der Waals surface area (Å²) in [6, 6.07) is 6.66. The highest BCUT2D eigenvalue weighted by atomic mass is 35.5. The second-order valence-corrected chi connectivity index (χ2v) is 5.91. The molecule has 0 aromatic heterocycles. The van der Waals surface area contributed by atoms with Crippen molar-refractivity contribution < 1.29 is 0 Å². The molecule has 1 aliphatic rings. The molecule has 1 nitrogen and oxygen atoms in total. The number of hydrogen-bond acceptors (Lipinski definition) is 1. The molecular formula is C15H20ClN. The quantitative estimate of drug-likeness (QED) is 0.625. The summed E-state index contributed by atoms with van der Waals surface area (Å²) in [5.41, 5.74) is 3.05. The molecule has 0 fully saturated rings. The lowest BCUT2D eigenvalue weighted by molar-refractivity contribution is 0.271. The molecule has 1 aliphatic carbocycles. The monoisotopic (exact) mass is 249 g/mol. The van der Waals surface area contributed by atoms with Crippen LogP contribution in [0.25, 0.3) is 0 Å². The minimum absolute atomic E-state index is 0.258. The maximum atomic E-state index is 6.10. The number of rotatable bonds is 4. The molecule has 0 saturated carbocycles. The highest BCUT2D eigenvalue weighted by molar-refractivity contribution is 6.30. The summed E-state index contributed by atoms with van der Waals surface area (Å²) in [6.45, 7) is 9.36. The highest BCUT2D eigenvalue weighted by Crippen LogP contribution is 2.45. The molecular weight excluding hydrogens is 230 g/mol. The van der Waals surface area contributed by atoms with Gasteiger partial charge in [0.1, 0.15) is 0 Å². The molecule has 2 rings (SSSR count). The largest absolute Gasteiger partial charge is 0.309 e. The molecule has 0 heterocycles. The van der Waals surface area contributed by atoms with Crippen LogP contribution in [0.4, 0.5) is 0 Å². The predicted molar refractivity (Wildman–Crippen MR) is 74.5 cm³/mol. The van der Waals surface area contributed by atoms with Crippen molar-refractivity contribution in [1.29, 1.82) is 0 Å². The second kappa shape index (κ2) is 4.83. The fraction of sp³-hybridized carbons (Fsp3) is 0.467. The van der Waals surface area contributed by atoms with E-state index >= 15 is 0 Å². The Hall–Kier alpha value is -0.790. The zero-order valence-electron chi connectivity index (χ0n) is 10.6. The standard InChI is InChI=1S/C15H20ClN/c1-4-5-8-17-14-13-9-12(16)7-6-11(13)10-15(14,2)3/h4,6-7,9,14,17H,1,5,8,10H2,2-3H3. The molecule has 1 aromatic rings. The molecule has 0 amide bonds. The third kappa shape index (κ3) is 2.56. The minimum Gasteiger partial charge on any atom is -0.309 e. The first-order chi connectivity index (χ1) is 8.04. The van der Waals surface area contributed by atoms with Crippen LogP contribution in [0.2, 0.25) is 5.02 Å². The van der Waals surface area contributed by atoms with E-state index in [9.17, 15) is 0 Å². The lowest BCUT2D eigenvalue weighted by Crippen LogP contribution is -2.31. The van der Waals surface area contributed by atoms with Gasteiger partial charge in [-0.25, -0.2) is 0 Å². The van der Waals surface area contributed by atoms with Gasteiger partial charge in [-0.05, 0) is 48.1 Å². The topological polar surface area (TPSA) is 12.0 Å². The molecule has 2 heteroatoms. The van der Waals surface area contributed by atoms with Crippen molar-refractivity contribution >= 4 is 11.6 Å². The Balaban J connectivity index is 2.23. The Kier molecular flexibility index (Phi) is 3.60. The van der Waals surface area contributed by atoms with Crippen LogP contribution in [0.1, 0.15) is 37.4 Å². The van der Waals surface area contributed by atoms with Crippen molar-refractivity contribution in [2.24, 2.45) is 5.41 Å². The number of nitrogens with one attached hydrogen (secondary N) is 1. The molecule has 0 spiro atoms. The average molecular weight is 250 g/mol. The summed E-state index contributed by atoms with van der Waals surface area (Å²) in [6.07, 6.45) is 4.07. The molecule has 1 N–H and O–H groups in total. The van der Waals surface area contributed by atoms with Crippen molar-refractivity contribution in [2.75, 3.05) is 6.54 Å². The Morgan fingerprint density at radius 1 is 1.53 bits per heavy atom. The van der Waals surface area contributed by atoms with E-state index in [-0.39, 0.29) is 5.41 Å². The Bertz CT molecular complexity index is 423. The first kappa shape index (κ1) is 12.7. The number of benzene rings is 1. The van der Waals surface area contributed by atoms with E-state index in [2.05, 4.69) is 37.9 Å². The van der Waals surface area contributed by atoms with Crippen molar-refractivity contribution in [2.45, 2.75) is 32.7 Å². The summed E-state index contributed by atoms with van der Waals surface area (Å²) in [7, 11) is 0. The van der Waals surface area contributed by atoms with Crippen molar-refractivity contribution in [3.8, 4) is 0 Å². The van der Waals surface area contributed by atoms with Gasteiger partial charge in [0, 0.05) is 11.1 Å². The SMILES string of the molecule is C=CCCNC1c2cc(Cl)ccc2CC1(C)C. The minimum atomic E-state index is 0.258. The summed E-state index contributed by atoms with van der Waals surface area (Å²) in [5, 5.41) is 4.46. The maximum Gasteiger partial charge on any atom is 0.0409 e. The van der Waals surface area contributed by atoms with E-state index in [1.165, 1.54) is 11.1 Å². The Morgan fingerprint density at radius 3 is 3.00 bits per heavy atom. The Morgan fingerprint density at radius 2 is 2.29 bits per heavy atom. The van der Waals surface area contributed by atoms with Crippen LogP contribution >= 0.6 is 11.6 Å². The van der Waals surface area contributed by atoms with Gasteiger partial charge in [0.05, 0.1) is 0 Å². The fourth-order valence-electron chi connectivity index (χ4n) is 2.73. The van der Waals surface area contributed by atoms with Crippen LogP contribution in [0, 0.1) is 5.41 Å². The number of hydrogen-bond donors (Lipinski definition) is 1. The van der Waals surface area contributed by atoms with E-state index in [0.29, 0.717) is 6.04 Å². The van der Waals surface area contributed by atoms with Gasteiger partial charge in [-0.2, -0.15) is 0 Å². The Labute approximate surface area is 109 Å². The van der Waals surface area contributed by atoms with E-state index in [1.807, 2.05) is 12.1 Å². The lowest BCUT2D eigenvalue weighted by Gasteiger charge is -2.28. The van der Waals surface area contributed by atoms with Gasteiger partial charge in [0.25, 0.3) is 0 Å². The number of halogens is 1.